The van der Waals surface area contributed by atoms with Crippen molar-refractivity contribution in [3.05, 3.63) is 21.6 Å². The van der Waals surface area contributed by atoms with Crippen LogP contribution in [0, 0.1) is 0 Å². The Bertz CT molecular complexity index is 304. The van der Waals surface area contributed by atoms with E-state index in [1.165, 1.54) is 0 Å². The van der Waals surface area contributed by atoms with Crippen LogP contribution < -0.4 is 10.5 Å². The quantitative estimate of drug-likeness (QED) is 0.849. The van der Waals surface area contributed by atoms with Crippen molar-refractivity contribution >= 4 is 33.2 Å². The van der Waals surface area contributed by atoms with Crippen molar-refractivity contribution < 1.29 is 4.74 Å². The highest BCUT2D eigenvalue weighted by Gasteiger charge is 2.04. The normalized spacial score (nSPS) is 10.1. The molecule has 72 valence electrons. The Labute approximate surface area is 91.2 Å². The number of rotatable bonds is 3. The Morgan fingerprint density at radius 1 is 1.54 bits per heavy atom. The molecule has 0 unspecified atom stereocenters. The average Bonchev–Trinajstić information content (AvgIpc) is 2.09. The molecule has 0 aliphatic rings. The number of halogens is 2. The highest BCUT2D eigenvalue weighted by atomic mass is 79.9. The summed E-state index contributed by atoms with van der Waals surface area (Å²) in [5.41, 5.74) is 6.27. The summed E-state index contributed by atoms with van der Waals surface area (Å²) in [4.78, 5) is 0. The smallest absolute Gasteiger partial charge is 0.143 e. The molecule has 0 heterocycles. The Balaban J connectivity index is 2.88. The van der Waals surface area contributed by atoms with Crippen LogP contribution in [0.3, 0.4) is 0 Å². The van der Waals surface area contributed by atoms with Crippen molar-refractivity contribution in [1.82, 2.24) is 0 Å². The van der Waals surface area contributed by atoms with Gasteiger partial charge in [0.05, 0.1) is 17.3 Å². The predicted molar refractivity (Wildman–Crippen MR) is 59.4 cm³/mol. The third-order valence-corrected chi connectivity index (χ3v) is 2.71. The molecule has 0 aliphatic heterocycles. The maximum Gasteiger partial charge on any atom is 0.143 e. The first-order chi connectivity index (χ1) is 6.15. The first-order valence-corrected chi connectivity index (χ1v) is 5.19. The molecule has 0 amide bonds. The highest BCUT2D eigenvalue weighted by molar-refractivity contribution is 9.10. The molecule has 1 aromatic carbocycles. The fourth-order valence-corrected chi connectivity index (χ4v) is 1.38. The molecule has 0 fully saturated rings. The molecular formula is C9H11BrClNO. The Kier molecular flexibility index (Phi) is 3.88. The fourth-order valence-electron chi connectivity index (χ4n) is 0.881. The zero-order chi connectivity index (χ0) is 9.84. The number of nitrogens with two attached hydrogens (primary N) is 1. The average molecular weight is 265 g/mol. The number of anilines is 1. The van der Waals surface area contributed by atoms with E-state index in [9.17, 15) is 0 Å². The molecule has 0 radical (unpaired) electrons. The summed E-state index contributed by atoms with van der Waals surface area (Å²) >= 11 is 9.14. The second-order valence-corrected chi connectivity index (χ2v) is 3.91. The molecule has 0 spiro atoms. The van der Waals surface area contributed by atoms with Crippen molar-refractivity contribution in [2.75, 3.05) is 12.3 Å². The lowest BCUT2D eigenvalue weighted by atomic mass is 10.3. The predicted octanol–water partition coefficient (Wildman–Crippen LogP) is 3.47. The Hall–Kier alpha value is -0.410. The number of ether oxygens (including phenoxy) is 1. The zero-order valence-corrected chi connectivity index (χ0v) is 9.65. The standard InChI is InChI=1S/C9H11BrClNO/c1-2-3-13-9-4-6(10)7(11)5-8(9)12/h4-5H,2-3,12H2,1H3. The van der Waals surface area contributed by atoms with Crippen LogP contribution in [-0.2, 0) is 0 Å². The van der Waals surface area contributed by atoms with Crippen molar-refractivity contribution in [2.45, 2.75) is 13.3 Å². The van der Waals surface area contributed by atoms with Crippen LogP contribution in [0.5, 0.6) is 5.75 Å². The van der Waals surface area contributed by atoms with Crippen LogP contribution in [0.15, 0.2) is 16.6 Å². The summed E-state index contributed by atoms with van der Waals surface area (Å²) in [6, 6.07) is 3.46. The van der Waals surface area contributed by atoms with Crippen molar-refractivity contribution in [3.8, 4) is 5.75 Å². The van der Waals surface area contributed by atoms with E-state index in [1.807, 2.05) is 6.92 Å². The molecule has 0 bridgehead atoms. The number of hydrogen-bond donors (Lipinski definition) is 1. The molecule has 4 heteroatoms. The molecule has 0 saturated carbocycles. The van der Waals surface area contributed by atoms with Gasteiger partial charge in [0.25, 0.3) is 0 Å². The zero-order valence-electron chi connectivity index (χ0n) is 7.31. The highest BCUT2D eigenvalue weighted by Crippen LogP contribution is 2.32. The van der Waals surface area contributed by atoms with Gasteiger partial charge >= 0.3 is 0 Å². The lowest BCUT2D eigenvalue weighted by molar-refractivity contribution is 0.319. The third-order valence-electron chi connectivity index (χ3n) is 1.51. The van der Waals surface area contributed by atoms with E-state index in [-0.39, 0.29) is 0 Å². The maximum atomic E-state index is 5.84. The van der Waals surface area contributed by atoms with E-state index in [4.69, 9.17) is 22.1 Å². The molecule has 0 aliphatic carbocycles. The van der Waals surface area contributed by atoms with Crippen LogP contribution >= 0.6 is 27.5 Å². The summed E-state index contributed by atoms with van der Waals surface area (Å²) < 4.78 is 6.21. The van der Waals surface area contributed by atoms with Crippen LogP contribution in [0.4, 0.5) is 5.69 Å². The largest absolute Gasteiger partial charge is 0.491 e. The lowest BCUT2D eigenvalue weighted by Gasteiger charge is -2.08. The van der Waals surface area contributed by atoms with Crippen LogP contribution in [0.1, 0.15) is 13.3 Å². The second kappa shape index (κ2) is 4.72. The summed E-state index contributed by atoms with van der Waals surface area (Å²) in [7, 11) is 0. The second-order valence-electron chi connectivity index (χ2n) is 2.65. The van der Waals surface area contributed by atoms with Gasteiger partial charge in [-0.2, -0.15) is 0 Å². The fraction of sp³-hybridized carbons (Fsp3) is 0.333. The Morgan fingerprint density at radius 3 is 2.85 bits per heavy atom. The van der Waals surface area contributed by atoms with Crippen LogP contribution in [-0.4, -0.2) is 6.61 Å². The topological polar surface area (TPSA) is 35.2 Å². The molecule has 1 rings (SSSR count). The Morgan fingerprint density at radius 2 is 2.23 bits per heavy atom. The van der Waals surface area contributed by atoms with Gasteiger partial charge in [-0.25, -0.2) is 0 Å². The van der Waals surface area contributed by atoms with E-state index < -0.39 is 0 Å². The van der Waals surface area contributed by atoms with Crippen LogP contribution in [0.25, 0.3) is 0 Å². The molecular weight excluding hydrogens is 253 g/mol. The third kappa shape index (κ3) is 2.78. The van der Waals surface area contributed by atoms with Crippen LogP contribution in [0.2, 0.25) is 5.02 Å². The minimum absolute atomic E-state index is 0.571. The molecule has 1 aromatic rings. The first-order valence-electron chi connectivity index (χ1n) is 4.02. The molecule has 2 nitrogen and oxygen atoms in total. The maximum absolute atomic E-state index is 5.84. The van der Waals surface area contributed by atoms with E-state index in [1.54, 1.807) is 12.1 Å². The molecule has 2 N–H and O–H groups in total. The summed E-state index contributed by atoms with van der Waals surface area (Å²) in [5, 5.41) is 0.598. The van der Waals surface area contributed by atoms with Gasteiger partial charge in [0.1, 0.15) is 5.75 Å². The molecule has 0 atom stereocenters. The number of hydrogen-bond acceptors (Lipinski definition) is 2. The van der Waals surface area contributed by atoms with Crippen molar-refractivity contribution in [1.29, 1.82) is 0 Å². The monoisotopic (exact) mass is 263 g/mol. The van der Waals surface area contributed by atoms with Gasteiger partial charge < -0.3 is 10.5 Å². The SMILES string of the molecule is CCCOc1cc(Br)c(Cl)cc1N. The molecule has 0 saturated heterocycles. The first kappa shape index (κ1) is 10.7. The molecule has 0 aromatic heterocycles. The van der Waals surface area contributed by atoms with Gasteiger partial charge in [0, 0.05) is 4.47 Å². The number of nitrogen functional groups attached to an aromatic ring is 1. The van der Waals surface area contributed by atoms with Gasteiger partial charge in [0.15, 0.2) is 0 Å². The number of benzene rings is 1. The van der Waals surface area contributed by atoms with E-state index in [2.05, 4.69) is 15.9 Å². The summed E-state index contributed by atoms with van der Waals surface area (Å²) in [6.45, 7) is 2.71. The lowest BCUT2D eigenvalue weighted by Crippen LogP contribution is -1.99. The van der Waals surface area contributed by atoms with Gasteiger partial charge in [-0.1, -0.05) is 18.5 Å². The van der Waals surface area contributed by atoms with Crippen molar-refractivity contribution in [3.63, 3.8) is 0 Å². The van der Waals surface area contributed by atoms with Gasteiger partial charge in [0.2, 0.25) is 0 Å². The van der Waals surface area contributed by atoms with Crippen molar-refractivity contribution in [2.24, 2.45) is 0 Å². The van der Waals surface area contributed by atoms with E-state index in [0.717, 1.165) is 10.9 Å². The molecule has 13 heavy (non-hydrogen) atoms. The van der Waals surface area contributed by atoms with Gasteiger partial charge in [-0.15, -0.1) is 0 Å². The summed E-state index contributed by atoms with van der Waals surface area (Å²) in [5.74, 6) is 0.679. The minimum Gasteiger partial charge on any atom is -0.491 e. The van der Waals surface area contributed by atoms with Gasteiger partial charge in [-0.05, 0) is 34.5 Å². The minimum atomic E-state index is 0.571. The van der Waals surface area contributed by atoms with Gasteiger partial charge in [-0.3, -0.25) is 0 Å². The van der Waals surface area contributed by atoms with E-state index in [0.29, 0.717) is 23.1 Å². The van der Waals surface area contributed by atoms with E-state index >= 15 is 0 Å². The summed E-state index contributed by atoms with van der Waals surface area (Å²) in [6.07, 6.45) is 0.958.